The number of nitrogens with one attached hydrogen (secondary N) is 1. The summed E-state index contributed by atoms with van der Waals surface area (Å²) in [6.45, 7) is 5.01. The zero-order chi connectivity index (χ0) is 31.6. The molecule has 4 rings (SSSR count). The second-order valence-corrected chi connectivity index (χ2v) is 12.6. The Labute approximate surface area is 257 Å². The number of aliphatic carboxylic acids is 2. The van der Waals surface area contributed by atoms with Gasteiger partial charge in [-0.25, -0.2) is 14.2 Å². The van der Waals surface area contributed by atoms with Crippen LogP contribution in [0.3, 0.4) is 0 Å². The third kappa shape index (κ3) is 6.59. The first-order valence-electron chi connectivity index (χ1n) is 12.6. The molecule has 0 bridgehead atoms. The van der Waals surface area contributed by atoms with Crippen molar-refractivity contribution in [3.05, 3.63) is 23.2 Å². The number of fused-ring (bicyclic) bond motifs is 1. The monoisotopic (exact) mass is 653 g/mol. The van der Waals surface area contributed by atoms with Gasteiger partial charge in [-0.15, -0.1) is 11.8 Å². The van der Waals surface area contributed by atoms with Gasteiger partial charge in [0.2, 0.25) is 28.8 Å². The fraction of sp³-hybridized carbons (Fsp3) is 0.435. The third-order valence-corrected chi connectivity index (χ3v) is 9.12. The minimum Gasteiger partial charge on any atom is -0.478 e. The second-order valence-electron chi connectivity index (χ2n) is 9.75. The highest BCUT2D eigenvalue weighted by atomic mass is 32.2. The molecule has 1 unspecified atom stereocenters. The van der Waals surface area contributed by atoms with Crippen LogP contribution < -0.4 is 27.1 Å². The van der Waals surface area contributed by atoms with Crippen LogP contribution in [0.15, 0.2) is 27.6 Å². The maximum atomic E-state index is 13.2. The molecule has 0 aromatic carbocycles. The lowest BCUT2D eigenvalue weighted by Gasteiger charge is -2.49. The van der Waals surface area contributed by atoms with Crippen LogP contribution >= 0.6 is 35.1 Å². The van der Waals surface area contributed by atoms with E-state index < -0.39 is 46.5 Å². The van der Waals surface area contributed by atoms with E-state index in [1.807, 2.05) is 6.92 Å². The van der Waals surface area contributed by atoms with Crippen molar-refractivity contribution in [1.82, 2.24) is 24.6 Å². The van der Waals surface area contributed by atoms with Crippen molar-refractivity contribution in [1.29, 1.82) is 0 Å². The van der Waals surface area contributed by atoms with Gasteiger partial charge in [0, 0.05) is 23.0 Å². The molecule has 2 aromatic heterocycles. The van der Waals surface area contributed by atoms with Gasteiger partial charge in [0.25, 0.3) is 11.8 Å². The van der Waals surface area contributed by atoms with E-state index in [-0.39, 0.29) is 34.0 Å². The molecule has 2 aliphatic rings. The lowest BCUT2D eigenvalue weighted by atomic mass is 10.0. The number of nitrogens with two attached hydrogens (primary N) is 3. The molecule has 43 heavy (non-hydrogen) atoms. The number of carboxylic acids is 2. The quantitative estimate of drug-likeness (QED) is 0.0421. The summed E-state index contributed by atoms with van der Waals surface area (Å²) in [6.07, 6.45) is 0.784. The molecule has 1 saturated heterocycles. The summed E-state index contributed by atoms with van der Waals surface area (Å²) in [5.41, 5.74) is 15.6. The van der Waals surface area contributed by atoms with E-state index in [4.69, 9.17) is 22.0 Å². The van der Waals surface area contributed by atoms with E-state index in [1.165, 1.54) is 37.4 Å². The van der Waals surface area contributed by atoms with Crippen molar-refractivity contribution in [3.63, 3.8) is 0 Å². The number of amides is 2. The van der Waals surface area contributed by atoms with Crippen LogP contribution in [0.4, 0.5) is 16.8 Å². The van der Waals surface area contributed by atoms with E-state index in [0.29, 0.717) is 23.1 Å². The van der Waals surface area contributed by atoms with Gasteiger partial charge in [0.05, 0.1) is 12.6 Å². The number of nitrogen functional groups attached to an aromatic ring is 3. The van der Waals surface area contributed by atoms with Crippen LogP contribution in [0.1, 0.15) is 33.0 Å². The van der Waals surface area contributed by atoms with Crippen LogP contribution in [-0.2, 0) is 30.6 Å². The Hall–Kier alpha value is -4.17. The number of nitrogens with zero attached hydrogens (tertiary/aromatic N) is 6. The van der Waals surface area contributed by atoms with E-state index in [2.05, 4.69) is 24.8 Å². The van der Waals surface area contributed by atoms with Gasteiger partial charge in [-0.2, -0.15) is 9.36 Å². The van der Waals surface area contributed by atoms with Crippen molar-refractivity contribution in [3.8, 4) is 0 Å². The number of hydrogen-bond acceptors (Lipinski definition) is 15. The zero-order valence-corrected chi connectivity index (χ0v) is 25.6. The Morgan fingerprint density at radius 2 is 2.00 bits per heavy atom. The molecular formula is C23H29N10O7S3+. The van der Waals surface area contributed by atoms with E-state index >= 15 is 0 Å². The number of aromatic nitrogens is 4. The molecule has 2 atom stereocenters. The molecule has 230 valence electrons. The van der Waals surface area contributed by atoms with Crippen LogP contribution in [0.25, 0.3) is 0 Å². The van der Waals surface area contributed by atoms with Gasteiger partial charge in [-0.05, 0) is 37.6 Å². The Morgan fingerprint density at radius 3 is 2.60 bits per heavy atom. The summed E-state index contributed by atoms with van der Waals surface area (Å²) in [6, 6.07) is 0.432. The highest BCUT2D eigenvalue weighted by molar-refractivity contribution is 8.01. The molecule has 17 nitrogen and oxygen atoms in total. The molecule has 0 spiro atoms. The first kappa shape index (κ1) is 31.8. The van der Waals surface area contributed by atoms with Crippen molar-refractivity contribution < 1.29 is 38.8 Å². The summed E-state index contributed by atoms with van der Waals surface area (Å²) in [5.74, 6) is -3.37. The third-order valence-electron chi connectivity index (χ3n) is 6.17. The number of carboxylic acid groups (broad SMARTS) is 2. The number of oxime groups is 1. The van der Waals surface area contributed by atoms with Crippen LogP contribution in [0.2, 0.25) is 0 Å². The molecular weight excluding hydrogens is 625 g/mol. The Balaban J connectivity index is 1.54. The molecule has 0 saturated carbocycles. The molecule has 2 amide bonds. The maximum absolute atomic E-state index is 13.2. The standard InChI is InChI=1S/C23H28N10O7S3/c1-4-5-32-11(25)6-10(24)27-22(32)42-8-9-7-41-18-13(17(35)33(18)14(9)19(36)37)28-16(34)12(15-29-21(26)43-31-15)30-40-23(2,3)20(38)39/h6,13,18H,4-5,7-8H2,1-3H3,(H8,24,25,26,28,29,31,34,36,37,38,39)/p+1/b30-12-/t13?,18-/m1/s1. The van der Waals surface area contributed by atoms with Gasteiger partial charge in [0.1, 0.15) is 17.1 Å². The highest BCUT2D eigenvalue weighted by Crippen LogP contribution is 2.41. The zero-order valence-electron chi connectivity index (χ0n) is 23.1. The molecule has 2 aliphatic heterocycles. The van der Waals surface area contributed by atoms with Crippen molar-refractivity contribution in [2.45, 2.75) is 55.9 Å². The molecule has 2 aromatic rings. The molecule has 9 N–H and O–H groups in total. The van der Waals surface area contributed by atoms with E-state index in [1.54, 1.807) is 10.6 Å². The number of anilines is 3. The lowest BCUT2D eigenvalue weighted by Crippen LogP contribution is -2.71. The Bertz CT molecular complexity index is 1540. The fourth-order valence-electron chi connectivity index (χ4n) is 3.97. The largest absolute Gasteiger partial charge is 0.478 e. The number of rotatable bonds is 12. The summed E-state index contributed by atoms with van der Waals surface area (Å²) >= 11 is 3.29. The summed E-state index contributed by atoms with van der Waals surface area (Å²) in [7, 11) is 0. The average molecular weight is 654 g/mol. The number of carbonyl (C=O) groups is 4. The van der Waals surface area contributed by atoms with Crippen molar-refractivity contribution in [2.75, 3.05) is 28.7 Å². The first-order chi connectivity index (χ1) is 20.2. The Morgan fingerprint density at radius 1 is 1.28 bits per heavy atom. The summed E-state index contributed by atoms with van der Waals surface area (Å²) in [5, 5.41) is 25.3. The lowest BCUT2D eigenvalue weighted by molar-refractivity contribution is -0.723. The van der Waals surface area contributed by atoms with Crippen molar-refractivity contribution in [2.24, 2.45) is 5.16 Å². The molecule has 20 heteroatoms. The molecule has 0 radical (unpaired) electrons. The highest BCUT2D eigenvalue weighted by Gasteiger charge is 2.54. The smallest absolute Gasteiger partial charge is 0.352 e. The maximum Gasteiger partial charge on any atom is 0.352 e. The molecule has 1 fully saturated rings. The number of hydrogen-bond donors (Lipinski definition) is 6. The second kappa shape index (κ2) is 12.6. The van der Waals surface area contributed by atoms with Crippen LogP contribution in [0.5, 0.6) is 0 Å². The minimum atomic E-state index is -1.80. The summed E-state index contributed by atoms with van der Waals surface area (Å²) in [4.78, 5) is 64.6. The number of thioether (sulfide) groups is 2. The minimum absolute atomic E-state index is 0.0136. The predicted molar refractivity (Wildman–Crippen MR) is 158 cm³/mol. The number of carbonyl (C=O) groups excluding carboxylic acids is 2. The normalized spacial score (nSPS) is 18.6. The topological polar surface area (TPSA) is 266 Å². The molecule has 0 aliphatic carbocycles. The van der Waals surface area contributed by atoms with Crippen LogP contribution in [0, 0.1) is 0 Å². The van der Waals surface area contributed by atoms with Gasteiger partial charge in [-0.1, -0.05) is 17.1 Å². The van der Waals surface area contributed by atoms with Crippen molar-refractivity contribution >= 4 is 81.3 Å². The average Bonchev–Trinajstić information content (AvgIpc) is 3.36. The van der Waals surface area contributed by atoms with Crippen LogP contribution in [-0.4, -0.2) is 87.4 Å². The van der Waals surface area contributed by atoms with Gasteiger partial charge < -0.3 is 37.6 Å². The Kier molecular flexibility index (Phi) is 9.30. The predicted octanol–water partition coefficient (Wildman–Crippen LogP) is -0.508. The first-order valence-corrected chi connectivity index (χ1v) is 15.4. The van der Waals surface area contributed by atoms with Gasteiger partial charge >= 0.3 is 17.1 Å². The SMILES string of the molecule is CCC[n+]1c(N)cc(N)nc1SCC1=C(C(=O)O)N2C(=O)C(NC(=O)/C(=N\OC(C)(C)C(=O)O)c3nsc(N)n3)[C@H]2SC1. The van der Waals surface area contributed by atoms with E-state index in [0.717, 1.165) is 22.9 Å². The van der Waals surface area contributed by atoms with Gasteiger partial charge in [-0.3, -0.25) is 14.5 Å². The molecule has 4 heterocycles. The van der Waals surface area contributed by atoms with Gasteiger partial charge in [0.15, 0.2) is 5.13 Å². The fourth-order valence-corrected chi connectivity index (χ4v) is 6.95. The number of β-lactam (4-membered cyclic amide) rings is 1. The van der Waals surface area contributed by atoms with E-state index in [9.17, 15) is 29.4 Å². The summed E-state index contributed by atoms with van der Waals surface area (Å²) < 4.78 is 5.71.